The number of aryl methyl sites for hydroxylation is 1. The van der Waals surface area contributed by atoms with E-state index in [2.05, 4.69) is 54.3 Å². The molecular formula is C83H62BBrCl2F3N9O17PS3. The molecule has 0 amide bonds. The Kier molecular flexibility index (Phi) is 28.5. The fourth-order valence-electron chi connectivity index (χ4n) is 12.5. The van der Waals surface area contributed by atoms with Gasteiger partial charge in [-0.3, -0.25) is 28.1 Å². The van der Waals surface area contributed by atoms with Gasteiger partial charge in [0, 0.05) is 84.3 Å². The molecule has 1 radical (unpaired) electrons. The largest absolute Gasteiger partial charge is 0.569 e. The molecule has 0 saturated heterocycles. The Bertz CT molecular complexity index is 6800. The number of pyridine rings is 3. The molecule has 0 bridgehead atoms. The lowest BCUT2D eigenvalue weighted by atomic mass is 9.97. The zero-order chi connectivity index (χ0) is 84.5. The first-order chi connectivity index (χ1) is 56.4. The maximum Gasteiger partial charge on any atom is 0.569 e. The summed E-state index contributed by atoms with van der Waals surface area (Å²) in [5.41, 5.74) is 4.88. The molecule has 26 nitrogen and oxygen atoms in total. The van der Waals surface area contributed by atoms with Gasteiger partial charge in [-0.25, -0.2) is 38.4 Å². The number of rotatable bonds is 19. The SMILES string of the molecule is C.COc1cc(-c2cc(C)cc(F)c2)c(C#N)cc1-n1c(=O)ccc2cc(S(=O)(=O)Cc3ccon3)ccc21.COc1cc(-c2cc(F)cc(Cl)c2)c(C#N)cc1-n1c(=O)ccc2cc(S(=O)(=O)Cc3ccon3)ccc21.COc1cc(Br)c(C#N)cc1-n1c(=O)ccc2cc(S(=O)(=O)Cc3ccon3)ccc21.O[B]Oc1cc(F)cc(Cl)c1.P. The quantitative estimate of drug-likeness (QED) is 0.0580. The molecule has 37 heteroatoms. The minimum atomic E-state index is -3.75. The van der Waals surface area contributed by atoms with Crippen LogP contribution in [0.15, 0.2) is 266 Å². The highest BCUT2D eigenvalue weighted by molar-refractivity contribution is 9.10. The maximum atomic E-state index is 14.1. The Hall–Kier alpha value is -12.9. The number of hydrogen-bond acceptors (Lipinski definition) is 23. The first-order valence-electron chi connectivity index (χ1n) is 34.2. The molecule has 1 atom stereocenters. The van der Waals surface area contributed by atoms with Crippen LogP contribution in [0.25, 0.3) is 72.0 Å². The van der Waals surface area contributed by atoms with Crippen LogP contribution in [-0.4, -0.2) is 88.5 Å². The monoisotopic (exact) mass is 1800 g/mol. The van der Waals surface area contributed by atoms with E-state index in [0.29, 0.717) is 95.4 Å². The Morgan fingerprint density at radius 2 is 0.808 bits per heavy atom. The van der Waals surface area contributed by atoms with E-state index in [9.17, 15) is 68.6 Å². The van der Waals surface area contributed by atoms with Gasteiger partial charge in [-0.2, -0.15) is 25.7 Å². The minimum absolute atomic E-state index is 0. The molecule has 0 fully saturated rings. The summed E-state index contributed by atoms with van der Waals surface area (Å²) in [6.07, 6.45) is 3.90. The normalized spacial score (nSPS) is 11.0. The van der Waals surface area contributed by atoms with Gasteiger partial charge in [-0.05, 0) is 191 Å². The molecule has 1 N–H and O–H groups in total. The van der Waals surface area contributed by atoms with Crippen LogP contribution in [0.3, 0.4) is 0 Å². The average molecular weight is 1800 g/mol. The summed E-state index contributed by atoms with van der Waals surface area (Å²) < 4.78 is 158. The van der Waals surface area contributed by atoms with E-state index in [4.69, 9.17) is 56.0 Å². The van der Waals surface area contributed by atoms with Crippen LogP contribution in [0.5, 0.6) is 23.0 Å². The fourth-order valence-corrected chi connectivity index (χ4v) is 17.2. The number of aromatic nitrogens is 6. The molecule has 120 heavy (non-hydrogen) atoms. The number of nitriles is 3. The summed E-state index contributed by atoms with van der Waals surface area (Å²) in [7, 11) is -6.41. The van der Waals surface area contributed by atoms with Crippen molar-refractivity contribution in [1.82, 2.24) is 29.2 Å². The van der Waals surface area contributed by atoms with E-state index in [-0.39, 0.29) is 116 Å². The second-order valence-electron chi connectivity index (χ2n) is 25.4. The number of ether oxygens (including phenoxy) is 3. The van der Waals surface area contributed by atoms with E-state index in [1.54, 1.807) is 43.3 Å². The first kappa shape index (κ1) is 89.4. The van der Waals surface area contributed by atoms with Gasteiger partial charge in [-0.15, -0.1) is 0 Å². The molecule has 1 unspecified atom stereocenters. The summed E-state index contributed by atoms with van der Waals surface area (Å²) in [6, 6.07) is 53.8. The third kappa shape index (κ3) is 20.1. The summed E-state index contributed by atoms with van der Waals surface area (Å²) in [5.74, 6) is -1.45. The van der Waals surface area contributed by atoms with Gasteiger partial charge in [0.2, 0.25) is 0 Å². The summed E-state index contributed by atoms with van der Waals surface area (Å²) in [6.45, 7) is 1.75. The first-order valence-corrected chi connectivity index (χ1v) is 40.7. The van der Waals surface area contributed by atoms with Crippen molar-refractivity contribution in [1.29, 1.82) is 15.8 Å². The number of benzene rings is 9. The molecule has 0 saturated carbocycles. The second kappa shape index (κ2) is 38.2. The van der Waals surface area contributed by atoms with Crippen molar-refractivity contribution >= 4 is 119 Å². The number of nitrogens with zero attached hydrogens (tertiary/aromatic N) is 9. The molecule has 15 rings (SSSR count). The summed E-state index contributed by atoms with van der Waals surface area (Å²) in [4.78, 5) is 39.1. The third-order valence-corrected chi connectivity index (χ3v) is 23.7. The van der Waals surface area contributed by atoms with Gasteiger partial charge in [0.05, 0.1) is 116 Å². The van der Waals surface area contributed by atoms with Crippen LogP contribution in [0, 0.1) is 58.4 Å². The zero-order valence-corrected chi connectivity index (χ0v) is 69.1. The topological polar surface area (TPSA) is 375 Å². The van der Waals surface area contributed by atoms with Crippen LogP contribution < -0.4 is 35.5 Å². The van der Waals surface area contributed by atoms with Crippen LogP contribution in [0.1, 0.15) is 46.8 Å². The smallest absolute Gasteiger partial charge is 0.537 e. The number of hydrogen-bond donors (Lipinski definition) is 1. The fraction of sp³-hybridized carbons (Fsp3) is 0.0964. The molecule has 0 aliphatic carbocycles. The molecule has 9 aromatic carbocycles. The number of sulfone groups is 3. The second-order valence-corrected chi connectivity index (χ2v) is 33.1. The highest BCUT2D eigenvalue weighted by Crippen LogP contribution is 2.39. The van der Waals surface area contributed by atoms with Crippen molar-refractivity contribution in [2.45, 2.75) is 46.3 Å². The van der Waals surface area contributed by atoms with E-state index in [1.807, 2.05) is 0 Å². The van der Waals surface area contributed by atoms with E-state index < -0.39 is 58.1 Å². The molecule has 0 aliphatic heterocycles. The van der Waals surface area contributed by atoms with Crippen molar-refractivity contribution in [2.75, 3.05) is 21.3 Å². The number of fused-ring (bicyclic) bond motifs is 3. The minimum Gasteiger partial charge on any atom is -0.537 e. The maximum absolute atomic E-state index is 14.1. The predicted molar refractivity (Wildman–Crippen MR) is 451 cm³/mol. The molecule has 609 valence electrons. The predicted octanol–water partition coefficient (Wildman–Crippen LogP) is 15.9. The van der Waals surface area contributed by atoms with E-state index in [1.165, 1.54) is 199 Å². The van der Waals surface area contributed by atoms with Crippen molar-refractivity contribution in [3.8, 4) is 80.5 Å². The van der Waals surface area contributed by atoms with Gasteiger partial charge in [0.1, 0.15) is 82.6 Å². The third-order valence-electron chi connectivity index (χ3n) is 17.7. The van der Waals surface area contributed by atoms with E-state index >= 15 is 0 Å². The molecule has 6 heterocycles. The highest BCUT2D eigenvalue weighted by atomic mass is 79.9. The van der Waals surface area contributed by atoms with Gasteiger partial charge in [-0.1, -0.05) is 52.2 Å². The van der Waals surface area contributed by atoms with Crippen molar-refractivity contribution in [2.24, 2.45) is 0 Å². The number of methoxy groups -OCH3 is 3. The Morgan fingerprint density at radius 1 is 0.458 bits per heavy atom. The van der Waals surface area contributed by atoms with Crippen LogP contribution in [0.2, 0.25) is 10.0 Å². The molecule has 6 aromatic heterocycles. The average Bonchev–Trinajstić information content (AvgIpc) is 0.905. The molecule has 0 aliphatic rings. The van der Waals surface area contributed by atoms with Crippen LogP contribution in [0.4, 0.5) is 13.2 Å². The zero-order valence-electron chi connectivity index (χ0n) is 62.2. The van der Waals surface area contributed by atoms with Crippen LogP contribution >= 0.6 is 49.0 Å². The number of halogens is 6. The Balaban J connectivity index is 0.000000177. The van der Waals surface area contributed by atoms with Gasteiger partial charge >= 0.3 is 7.69 Å². The lowest BCUT2D eigenvalue weighted by Crippen LogP contribution is -2.18. The van der Waals surface area contributed by atoms with Gasteiger partial charge < -0.3 is 37.5 Å². The van der Waals surface area contributed by atoms with Crippen LogP contribution in [-0.2, 0) is 46.8 Å². The summed E-state index contributed by atoms with van der Waals surface area (Å²) >= 11 is 14.8. The molecule has 0 spiro atoms. The Labute approximate surface area is 704 Å². The van der Waals surface area contributed by atoms with Crippen molar-refractivity contribution < 1.29 is 75.9 Å². The van der Waals surface area contributed by atoms with Crippen molar-refractivity contribution in [3.05, 3.63) is 321 Å². The van der Waals surface area contributed by atoms with Gasteiger partial charge in [0.25, 0.3) is 16.7 Å². The Morgan fingerprint density at radius 3 is 1.14 bits per heavy atom. The molecule has 15 aromatic rings. The standard InChI is InChI=1S/C28H20FN3O5S.C27H17ClFN3O5S.C21H14BrN3O5S.C6H4BClFO2.CH4.H3P/c1-17-9-19(11-21(29)10-17)24-14-27(36-2)26(13-20(24)15-30)32-25-5-4-23(12-18(25)3-6-28(32)33)38(34,35)16-22-7-8-37-31-22;1-36-26-13-23(17-8-19(28)12-20(29)9-17)18(14-30)11-25(26)32-24-4-3-22(10-16(24)2-5-27(32)33)38(34,35)15-21-6-7-37-31-21;1-29-20-10-17(22)14(11-23)9-19(20)25-18-4-3-16(8-13(18)2-5-21(25)26)31(27,28)12-15-6-7-30-24-15;8-4-1-5(9)3-6(2-4)11-7-10;;/h3-14H,16H2,1-2H3;2-13H,15H2,1H3;2-10H,12H2,1H3;1-3,10H;1H4;1H3. The highest BCUT2D eigenvalue weighted by Gasteiger charge is 2.26. The lowest BCUT2D eigenvalue weighted by molar-refractivity contribution is 0.412. The lowest BCUT2D eigenvalue weighted by Gasteiger charge is -2.17. The van der Waals surface area contributed by atoms with E-state index in [0.717, 1.165) is 18.2 Å². The summed E-state index contributed by atoms with van der Waals surface area (Å²) in [5, 5.41) is 50.2. The molecular weight excluding hydrogens is 1740 g/mol. The van der Waals surface area contributed by atoms with Gasteiger partial charge in [0.15, 0.2) is 29.5 Å². The van der Waals surface area contributed by atoms with Crippen molar-refractivity contribution in [3.63, 3.8) is 0 Å².